The van der Waals surface area contributed by atoms with Crippen LogP contribution in [0.1, 0.15) is 45.4 Å². The molecule has 0 spiro atoms. The maximum Gasteiger partial charge on any atom is 0.226 e. The highest BCUT2D eigenvalue weighted by Gasteiger charge is 2.05. The van der Waals surface area contributed by atoms with Gasteiger partial charge in [0.1, 0.15) is 0 Å². The molecule has 0 radical (unpaired) electrons. The molecule has 0 bridgehead atoms. The Hall–Kier alpha value is -1.94. The number of carbonyl (C=O) groups is 1. The van der Waals surface area contributed by atoms with Crippen molar-refractivity contribution < 1.29 is 4.79 Å². The van der Waals surface area contributed by atoms with Gasteiger partial charge in [-0.3, -0.25) is 4.79 Å². The molecule has 0 aliphatic heterocycles. The number of fused-ring (bicyclic) bond motifs is 1. The first kappa shape index (κ1) is 17.4. The summed E-state index contributed by atoms with van der Waals surface area (Å²) in [6.07, 6.45) is 6.21. The fourth-order valence-corrected chi connectivity index (χ4v) is 2.74. The molecule has 0 aromatic heterocycles. The normalized spacial score (nSPS) is 10.5. The van der Waals surface area contributed by atoms with Gasteiger partial charge in [-0.05, 0) is 41.5 Å². The van der Waals surface area contributed by atoms with Crippen LogP contribution in [0, 0.1) is 0 Å². The Kier molecular flexibility index (Phi) is 7.01. The molecule has 0 saturated carbocycles. The molecule has 3 nitrogen and oxygen atoms in total. The van der Waals surface area contributed by atoms with Gasteiger partial charge in [0.25, 0.3) is 0 Å². The summed E-state index contributed by atoms with van der Waals surface area (Å²) < 4.78 is 0. The number of amides is 1. The first-order chi connectivity index (χ1) is 11.2. The summed E-state index contributed by atoms with van der Waals surface area (Å²) in [5.41, 5.74) is 0.886. The van der Waals surface area contributed by atoms with Crippen molar-refractivity contribution in [3.8, 4) is 0 Å². The van der Waals surface area contributed by atoms with Crippen molar-refractivity contribution in [2.75, 3.05) is 5.32 Å². The molecule has 0 aliphatic rings. The van der Waals surface area contributed by atoms with Crippen molar-refractivity contribution in [1.29, 1.82) is 0 Å². The van der Waals surface area contributed by atoms with Crippen LogP contribution in [0.15, 0.2) is 42.5 Å². The lowest BCUT2D eigenvalue weighted by Crippen LogP contribution is -2.33. The van der Waals surface area contributed by atoms with Crippen LogP contribution in [-0.4, -0.2) is 11.0 Å². The summed E-state index contributed by atoms with van der Waals surface area (Å²) in [5, 5.41) is 8.51. The Morgan fingerprint density at radius 3 is 2.52 bits per heavy atom. The Morgan fingerprint density at radius 1 is 1.00 bits per heavy atom. The fraction of sp³-hybridized carbons (Fsp3) is 0.368. The van der Waals surface area contributed by atoms with Crippen molar-refractivity contribution >= 4 is 39.7 Å². The molecule has 2 aromatic rings. The minimum Gasteiger partial charge on any atom is -0.332 e. The predicted molar refractivity (Wildman–Crippen MR) is 102 cm³/mol. The van der Waals surface area contributed by atoms with E-state index in [0.717, 1.165) is 23.9 Å². The standard InChI is InChI=1S/C19H24N2OS/c1-2-3-4-5-6-11-18(22)21-19(23)20-17-13-12-15-9-7-8-10-16(15)14-17/h7-10,12-14H,2-6,11H2,1H3,(H2,20,21,22,23). The first-order valence-corrected chi connectivity index (χ1v) is 8.69. The minimum absolute atomic E-state index is 0.0141. The van der Waals surface area contributed by atoms with Gasteiger partial charge in [-0.1, -0.05) is 62.9 Å². The lowest BCUT2D eigenvalue weighted by Gasteiger charge is -2.10. The van der Waals surface area contributed by atoms with Crippen LogP contribution >= 0.6 is 12.2 Å². The topological polar surface area (TPSA) is 41.1 Å². The third-order valence-electron chi connectivity index (χ3n) is 3.77. The zero-order chi connectivity index (χ0) is 16.5. The minimum atomic E-state index is -0.0141. The van der Waals surface area contributed by atoms with Crippen LogP contribution in [0.4, 0.5) is 5.69 Å². The van der Waals surface area contributed by atoms with E-state index in [0.29, 0.717) is 11.5 Å². The second-order valence-electron chi connectivity index (χ2n) is 5.73. The number of hydrogen-bond donors (Lipinski definition) is 2. The van der Waals surface area contributed by atoms with Crippen molar-refractivity contribution in [2.24, 2.45) is 0 Å². The highest BCUT2D eigenvalue weighted by atomic mass is 32.1. The predicted octanol–water partition coefficient (Wildman–Crippen LogP) is 5.01. The number of nitrogens with one attached hydrogen (secondary N) is 2. The average molecular weight is 328 g/mol. The third kappa shape index (κ3) is 5.99. The molecule has 2 N–H and O–H groups in total. The van der Waals surface area contributed by atoms with Gasteiger partial charge in [0.05, 0.1) is 0 Å². The van der Waals surface area contributed by atoms with Gasteiger partial charge >= 0.3 is 0 Å². The first-order valence-electron chi connectivity index (χ1n) is 8.28. The SMILES string of the molecule is CCCCCCCC(=O)NC(=S)Nc1ccc2ccccc2c1. The molecule has 0 saturated heterocycles. The van der Waals surface area contributed by atoms with Crippen LogP contribution in [0.5, 0.6) is 0 Å². The van der Waals surface area contributed by atoms with E-state index in [9.17, 15) is 4.79 Å². The van der Waals surface area contributed by atoms with Crippen molar-refractivity contribution in [1.82, 2.24) is 5.32 Å². The molecule has 23 heavy (non-hydrogen) atoms. The van der Waals surface area contributed by atoms with E-state index in [4.69, 9.17) is 12.2 Å². The lowest BCUT2D eigenvalue weighted by atomic mass is 10.1. The number of hydrogen-bond acceptors (Lipinski definition) is 2. The average Bonchev–Trinajstić information content (AvgIpc) is 2.54. The van der Waals surface area contributed by atoms with Gasteiger partial charge in [-0.2, -0.15) is 0 Å². The van der Waals surface area contributed by atoms with E-state index in [1.807, 2.05) is 30.3 Å². The number of unbranched alkanes of at least 4 members (excludes halogenated alkanes) is 4. The van der Waals surface area contributed by atoms with Crippen molar-refractivity contribution in [3.05, 3.63) is 42.5 Å². The van der Waals surface area contributed by atoms with Crippen LogP contribution in [0.2, 0.25) is 0 Å². The van der Waals surface area contributed by atoms with Gasteiger partial charge in [-0.15, -0.1) is 0 Å². The number of rotatable bonds is 7. The molecule has 0 fully saturated rings. The Morgan fingerprint density at radius 2 is 1.74 bits per heavy atom. The highest BCUT2D eigenvalue weighted by Crippen LogP contribution is 2.18. The molecular weight excluding hydrogens is 304 g/mol. The monoisotopic (exact) mass is 328 g/mol. The molecule has 4 heteroatoms. The summed E-state index contributed by atoms with van der Waals surface area (Å²) in [6.45, 7) is 2.18. The van der Waals surface area contributed by atoms with Crippen LogP contribution in [-0.2, 0) is 4.79 Å². The van der Waals surface area contributed by atoms with Gasteiger partial charge in [0.15, 0.2) is 5.11 Å². The Bertz CT molecular complexity index is 669. The van der Waals surface area contributed by atoms with Gasteiger partial charge in [0, 0.05) is 12.1 Å². The summed E-state index contributed by atoms with van der Waals surface area (Å²) in [6, 6.07) is 14.2. The molecule has 2 rings (SSSR count). The maximum atomic E-state index is 11.9. The zero-order valence-corrected chi connectivity index (χ0v) is 14.4. The number of benzene rings is 2. The molecule has 0 atom stereocenters. The van der Waals surface area contributed by atoms with Gasteiger partial charge < -0.3 is 10.6 Å². The third-order valence-corrected chi connectivity index (χ3v) is 3.97. The number of carbonyl (C=O) groups excluding carboxylic acids is 1. The zero-order valence-electron chi connectivity index (χ0n) is 13.6. The van der Waals surface area contributed by atoms with E-state index in [1.165, 1.54) is 24.6 Å². The molecule has 0 aliphatic carbocycles. The lowest BCUT2D eigenvalue weighted by molar-refractivity contribution is -0.119. The molecule has 1 amide bonds. The van der Waals surface area contributed by atoms with Gasteiger partial charge in [-0.25, -0.2) is 0 Å². The molecule has 122 valence electrons. The quantitative estimate of drug-likeness (QED) is 0.554. The summed E-state index contributed by atoms with van der Waals surface area (Å²) >= 11 is 5.21. The molecule has 0 heterocycles. The molecule has 2 aromatic carbocycles. The number of anilines is 1. The van der Waals surface area contributed by atoms with Crippen LogP contribution in [0.25, 0.3) is 10.8 Å². The smallest absolute Gasteiger partial charge is 0.226 e. The largest absolute Gasteiger partial charge is 0.332 e. The van der Waals surface area contributed by atoms with E-state index in [1.54, 1.807) is 0 Å². The molecule has 0 unspecified atom stereocenters. The van der Waals surface area contributed by atoms with Crippen molar-refractivity contribution in [2.45, 2.75) is 45.4 Å². The highest BCUT2D eigenvalue weighted by molar-refractivity contribution is 7.80. The fourth-order valence-electron chi connectivity index (χ4n) is 2.51. The van der Waals surface area contributed by atoms with E-state index in [2.05, 4.69) is 29.7 Å². The number of thiocarbonyl (C=S) groups is 1. The van der Waals surface area contributed by atoms with Gasteiger partial charge in [0.2, 0.25) is 5.91 Å². The van der Waals surface area contributed by atoms with E-state index >= 15 is 0 Å². The van der Waals surface area contributed by atoms with E-state index < -0.39 is 0 Å². The summed E-state index contributed by atoms with van der Waals surface area (Å²) in [7, 11) is 0. The summed E-state index contributed by atoms with van der Waals surface area (Å²) in [4.78, 5) is 11.9. The van der Waals surface area contributed by atoms with Crippen LogP contribution in [0.3, 0.4) is 0 Å². The second-order valence-corrected chi connectivity index (χ2v) is 6.14. The Labute approximate surface area is 143 Å². The Balaban J connectivity index is 1.78. The van der Waals surface area contributed by atoms with E-state index in [-0.39, 0.29) is 5.91 Å². The second kappa shape index (κ2) is 9.26. The van der Waals surface area contributed by atoms with Crippen molar-refractivity contribution in [3.63, 3.8) is 0 Å². The summed E-state index contributed by atoms with van der Waals surface area (Å²) in [5.74, 6) is -0.0141. The van der Waals surface area contributed by atoms with Crippen LogP contribution < -0.4 is 10.6 Å². The maximum absolute atomic E-state index is 11.9. The molecular formula is C19H24N2OS.